The van der Waals surface area contributed by atoms with Crippen LogP contribution in [0.25, 0.3) is 0 Å². The second kappa shape index (κ2) is 11.1. The number of carbonyl (C=O) groups excluding carboxylic acids is 3. The standard InChI is InChI=1S/C23H35N3O5/c1-17(24-22(29)31-23(3,4)5)21(28)26-14-12-25(13-15-26)11-6-16-30-20-9-7-19(8-10-20)18(2)27/h7-10,17H,6,11-16H2,1-5H3,(H,24,29)/t17-/m0/s1. The molecule has 2 rings (SSSR count). The number of piperazine rings is 1. The SMILES string of the molecule is CC(=O)c1ccc(OCCCN2CCN(C(=O)[C@H](C)NC(=O)OC(C)(C)C)CC2)cc1. The molecule has 8 heteroatoms. The number of hydrogen-bond donors (Lipinski definition) is 1. The zero-order chi connectivity index (χ0) is 23.0. The van der Waals surface area contributed by atoms with E-state index in [0.717, 1.165) is 31.8 Å². The van der Waals surface area contributed by atoms with Gasteiger partial charge in [-0.05, 0) is 65.3 Å². The highest BCUT2D eigenvalue weighted by Gasteiger charge is 2.27. The lowest BCUT2D eigenvalue weighted by Gasteiger charge is -2.36. The molecule has 0 unspecified atom stereocenters. The highest BCUT2D eigenvalue weighted by atomic mass is 16.6. The number of benzene rings is 1. The van der Waals surface area contributed by atoms with Gasteiger partial charge in [-0.25, -0.2) is 4.79 Å². The Balaban J connectivity index is 1.64. The normalized spacial score (nSPS) is 15.8. The van der Waals surface area contributed by atoms with Gasteiger partial charge in [-0.1, -0.05) is 0 Å². The zero-order valence-electron chi connectivity index (χ0n) is 19.3. The summed E-state index contributed by atoms with van der Waals surface area (Å²) in [7, 11) is 0. The molecular weight excluding hydrogens is 398 g/mol. The van der Waals surface area contributed by atoms with Gasteiger partial charge in [0.05, 0.1) is 6.61 Å². The molecule has 1 N–H and O–H groups in total. The summed E-state index contributed by atoms with van der Waals surface area (Å²) in [5, 5.41) is 2.61. The monoisotopic (exact) mass is 433 g/mol. The van der Waals surface area contributed by atoms with Crippen molar-refractivity contribution in [3.63, 3.8) is 0 Å². The number of ether oxygens (including phenoxy) is 2. The molecule has 31 heavy (non-hydrogen) atoms. The Hall–Kier alpha value is -2.61. The van der Waals surface area contributed by atoms with Gasteiger partial charge < -0.3 is 19.7 Å². The lowest BCUT2D eigenvalue weighted by atomic mass is 10.1. The maximum atomic E-state index is 12.6. The van der Waals surface area contributed by atoms with Crippen LogP contribution in [0, 0.1) is 0 Å². The Bertz CT molecular complexity index is 749. The van der Waals surface area contributed by atoms with Gasteiger partial charge in [-0.3, -0.25) is 14.5 Å². The summed E-state index contributed by atoms with van der Waals surface area (Å²) in [5.41, 5.74) is 0.0793. The van der Waals surface area contributed by atoms with Crippen molar-refractivity contribution in [1.29, 1.82) is 0 Å². The van der Waals surface area contributed by atoms with Crippen LogP contribution in [0.2, 0.25) is 0 Å². The van der Waals surface area contributed by atoms with Crippen LogP contribution in [0.1, 0.15) is 51.4 Å². The van der Waals surface area contributed by atoms with Crippen LogP contribution in [-0.2, 0) is 9.53 Å². The van der Waals surface area contributed by atoms with Gasteiger partial charge in [0.25, 0.3) is 0 Å². The van der Waals surface area contributed by atoms with E-state index in [4.69, 9.17) is 9.47 Å². The molecule has 1 aliphatic rings. The van der Waals surface area contributed by atoms with E-state index in [-0.39, 0.29) is 11.7 Å². The van der Waals surface area contributed by atoms with E-state index in [2.05, 4.69) is 10.2 Å². The Labute approximate surface area is 184 Å². The van der Waals surface area contributed by atoms with Crippen molar-refractivity contribution in [3.05, 3.63) is 29.8 Å². The molecule has 1 saturated heterocycles. The van der Waals surface area contributed by atoms with Gasteiger partial charge in [0.1, 0.15) is 17.4 Å². The van der Waals surface area contributed by atoms with Crippen LogP contribution in [0.15, 0.2) is 24.3 Å². The Morgan fingerprint density at radius 2 is 1.68 bits per heavy atom. The molecule has 0 saturated carbocycles. The Kier molecular flexibility index (Phi) is 8.86. The van der Waals surface area contributed by atoms with E-state index in [1.807, 2.05) is 12.1 Å². The van der Waals surface area contributed by atoms with Gasteiger partial charge in [0, 0.05) is 38.3 Å². The highest BCUT2D eigenvalue weighted by Crippen LogP contribution is 2.13. The first kappa shape index (κ1) is 24.7. The van der Waals surface area contributed by atoms with Gasteiger partial charge >= 0.3 is 6.09 Å². The van der Waals surface area contributed by atoms with Crippen molar-refractivity contribution >= 4 is 17.8 Å². The minimum Gasteiger partial charge on any atom is -0.494 e. The highest BCUT2D eigenvalue weighted by molar-refractivity contribution is 5.94. The molecule has 0 aliphatic carbocycles. The van der Waals surface area contributed by atoms with E-state index in [9.17, 15) is 14.4 Å². The summed E-state index contributed by atoms with van der Waals surface area (Å²) in [6.45, 7) is 12.9. The van der Waals surface area contributed by atoms with Crippen LogP contribution in [-0.4, -0.2) is 78.6 Å². The van der Waals surface area contributed by atoms with Crippen LogP contribution in [0.3, 0.4) is 0 Å². The van der Waals surface area contributed by atoms with E-state index >= 15 is 0 Å². The van der Waals surface area contributed by atoms with Crippen molar-refractivity contribution in [2.45, 2.75) is 52.7 Å². The number of rotatable bonds is 8. The van der Waals surface area contributed by atoms with Crippen molar-refractivity contribution < 1.29 is 23.9 Å². The lowest BCUT2D eigenvalue weighted by molar-refractivity contribution is -0.134. The topological polar surface area (TPSA) is 88.2 Å². The van der Waals surface area contributed by atoms with Crippen molar-refractivity contribution in [2.24, 2.45) is 0 Å². The fraction of sp³-hybridized carbons (Fsp3) is 0.609. The van der Waals surface area contributed by atoms with Crippen LogP contribution < -0.4 is 10.1 Å². The molecule has 0 radical (unpaired) electrons. The van der Waals surface area contributed by atoms with Gasteiger partial charge in [0.2, 0.25) is 5.91 Å². The molecule has 0 spiro atoms. The molecule has 1 aromatic rings. The Morgan fingerprint density at radius 1 is 1.06 bits per heavy atom. The first-order valence-corrected chi connectivity index (χ1v) is 10.8. The number of alkyl carbamates (subject to hydrolysis) is 1. The van der Waals surface area contributed by atoms with Crippen molar-refractivity contribution in [2.75, 3.05) is 39.3 Å². The average Bonchev–Trinajstić information content (AvgIpc) is 2.70. The molecule has 1 aromatic carbocycles. The minimum absolute atomic E-state index is 0.0409. The zero-order valence-corrected chi connectivity index (χ0v) is 19.3. The number of Topliss-reactive ketones (excluding diaryl/α,β-unsaturated/α-hetero) is 1. The van der Waals surface area contributed by atoms with E-state index in [1.165, 1.54) is 0 Å². The second-order valence-electron chi connectivity index (χ2n) is 8.82. The van der Waals surface area contributed by atoms with Crippen LogP contribution in [0.5, 0.6) is 5.75 Å². The number of nitrogens with one attached hydrogen (secondary N) is 1. The summed E-state index contributed by atoms with van der Waals surface area (Å²) in [4.78, 5) is 39.8. The molecule has 2 amide bonds. The van der Waals surface area contributed by atoms with Gasteiger partial charge in [-0.2, -0.15) is 0 Å². The molecule has 1 aliphatic heterocycles. The second-order valence-corrected chi connectivity index (χ2v) is 8.82. The molecular formula is C23H35N3O5. The largest absolute Gasteiger partial charge is 0.494 e. The number of hydrogen-bond acceptors (Lipinski definition) is 6. The third-order valence-electron chi connectivity index (χ3n) is 4.94. The quantitative estimate of drug-likeness (QED) is 0.501. The van der Waals surface area contributed by atoms with Crippen molar-refractivity contribution in [3.8, 4) is 5.75 Å². The number of carbonyl (C=O) groups is 3. The third kappa shape index (κ3) is 8.57. The number of ketones is 1. The first-order valence-electron chi connectivity index (χ1n) is 10.8. The lowest BCUT2D eigenvalue weighted by Crippen LogP contribution is -2.54. The summed E-state index contributed by atoms with van der Waals surface area (Å²) < 4.78 is 10.9. The predicted molar refractivity (Wildman–Crippen MR) is 118 cm³/mol. The molecule has 172 valence electrons. The minimum atomic E-state index is -0.621. The Morgan fingerprint density at radius 3 is 2.23 bits per heavy atom. The fourth-order valence-corrected chi connectivity index (χ4v) is 3.28. The smallest absolute Gasteiger partial charge is 0.408 e. The van der Waals surface area contributed by atoms with Crippen LogP contribution in [0.4, 0.5) is 4.79 Å². The average molecular weight is 434 g/mol. The molecule has 1 fully saturated rings. The molecule has 8 nitrogen and oxygen atoms in total. The molecule has 1 heterocycles. The van der Waals surface area contributed by atoms with Crippen LogP contribution >= 0.6 is 0 Å². The maximum absolute atomic E-state index is 12.6. The van der Waals surface area contributed by atoms with Crippen molar-refractivity contribution in [1.82, 2.24) is 15.1 Å². The predicted octanol–water partition coefficient (Wildman–Crippen LogP) is 2.72. The van der Waals surface area contributed by atoms with Gasteiger partial charge in [0.15, 0.2) is 5.78 Å². The molecule has 1 atom stereocenters. The number of nitrogens with zero attached hydrogens (tertiary/aromatic N) is 2. The van der Waals surface area contributed by atoms with Gasteiger partial charge in [-0.15, -0.1) is 0 Å². The summed E-state index contributed by atoms with van der Waals surface area (Å²) in [5.74, 6) is 0.703. The third-order valence-corrected chi connectivity index (χ3v) is 4.94. The summed E-state index contributed by atoms with van der Waals surface area (Å²) >= 11 is 0. The summed E-state index contributed by atoms with van der Waals surface area (Å²) in [6.07, 6.45) is 0.293. The molecule has 0 aromatic heterocycles. The van der Waals surface area contributed by atoms with E-state index in [0.29, 0.717) is 25.3 Å². The first-order chi connectivity index (χ1) is 14.5. The van der Waals surface area contributed by atoms with E-state index in [1.54, 1.807) is 51.7 Å². The number of amides is 2. The fourth-order valence-electron chi connectivity index (χ4n) is 3.28. The molecule has 0 bridgehead atoms. The van der Waals surface area contributed by atoms with E-state index < -0.39 is 17.7 Å². The summed E-state index contributed by atoms with van der Waals surface area (Å²) in [6, 6.07) is 6.55. The maximum Gasteiger partial charge on any atom is 0.408 e.